The Morgan fingerprint density at radius 1 is 1.15 bits per heavy atom. The van der Waals surface area contributed by atoms with E-state index < -0.39 is 0 Å². The Balaban J connectivity index is 2.25. The Morgan fingerprint density at radius 3 is 2.46 bits per heavy atom. The molecule has 0 saturated heterocycles. The van der Waals surface area contributed by atoms with E-state index in [0.29, 0.717) is 0 Å². The summed E-state index contributed by atoms with van der Waals surface area (Å²) >= 11 is 3.41. The maximum Gasteiger partial charge on any atom is 0.0506 e. The molecular formula is C11H15BrO. The first-order valence-electron chi connectivity index (χ1n) is 4.65. The van der Waals surface area contributed by atoms with Crippen molar-refractivity contribution in [3.63, 3.8) is 0 Å². The Labute approximate surface area is 88.2 Å². The van der Waals surface area contributed by atoms with E-state index in [1.807, 2.05) is 0 Å². The van der Waals surface area contributed by atoms with Crippen LogP contribution in [-0.2, 0) is 11.2 Å². The largest absolute Gasteiger partial charge is 0.381 e. The Morgan fingerprint density at radius 2 is 1.85 bits per heavy atom. The van der Waals surface area contributed by atoms with Crippen LogP contribution >= 0.6 is 15.9 Å². The number of halogens is 1. The summed E-state index contributed by atoms with van der Waals surface area (Å²) in [5.41, 5.74) is 1.33. The Kier molecular flexibility index (Phi) is 5.09. The third kappa shape index (κ3) is 4.44. The van der Waals surface area contributed by atoms with Gasteiger partial charge in [0.25, 0.3) is 0 Å². The van der Waals surface area contributed by atoms with Gasteiger partial charge in [-0.25, -0.2) is 0 Å². The van der Waals surface area contributed by atoms with Crippen molar-refractivity contribution in [2.24, 2.45) is 0 Å². The van der Waals surface area contributed by atoms with Gasteiger partial charge < -0.3 is 4.74 Å². The second kappa shape index (κ2) is 6.17. The molecule has 0 N–H and O–H groups in total. The van der Waals surface area contributed by atoms with Gasteiger partial charge in [-0.05, 0) is 30.5 Å². The zero-order valence-corrected chi connectivity index (χ0v) is 9.51. The van der Waals surface area contributed by atoms with Crippen molar-refractivity contribution in [1.29, 1.82) is 0 Å². The molecule has 72 valence electrons. The first kappa shape index (κ1) is 10.7. The maximum atomic E-state index is 5.41. The van der Waals surface area contributed by atoms with Crippen LogP contribution in [0.15, 0.2) is 28.7 Å². The molecule has 0 bridgehead atoms. The minimum atomic E-state index is 0.829. The molecule has 1 aromatic rings. The quantitative estimate of drug-likeness (QED) is 0.720. The van der Waals surface area contributed by atoms with Crippen molar-refractivity contribution < 1.29 is 4.74 Å². The fourth-order valence-electron chi connectivity index (χ4n) is 1.09. The van der Waals surface area contributed by atoms with Gasteiger partial charge in [-0.1, -0.05) is 35.0 Å². The molecule has 0 spiro atoms. The lowest BCUT2D eigenvalue weighted by Crippen LogP contribution is -1.98. The van der Waals surface area contributed by atoms with Crippen molar-refractivity contribution in [2.45, 2.75) is 19.8 Å². The smallest absolute Gasteiger partial charge is 0.0506 e. The van der Waals surface area contributed by atoms with Gasteiger partial charge in [0.15, 0.2) is 0 Å². The average molecular weight is 243 g/mol. The minimum Gasteiger partial charge on any atom is -0.381 e. The molecule has 13 heavy (non-hydrogen) atoms. The molecule has 2 heteroatoms. The lowest BCUT2D eigenvalue weighted by Gasteiger charge is -2.02. The third-order valence-electron chi connectivity index (χ3n) is 1.80. The van der Waals surface area contributed by atoms with E-state index >= 15 is 0 Å². The van der Waals surface area contributed by atoms with E-state index in [1.54, 1.807) is 0 Å². The van der Waals surface area contributed by atoms with Crippen LogP contribution < -0.4 is 0 Å². The summed E-state index contributed by atoms with van der Waals surface area (Å²) in [6, 6.07) is 8.38. The van der Waals surface area contributed by atoms with Gasteiger partial charge in [0.1, 0.15) is 0 Å². The van der Waals surface area contributed by atoms with E-state index in [9.17, 15) is 0 Å². The van der Waals surface area contributed by atoms with Crippen LogP contribution in [0.4, 0.5) is 0 Å². The molecular weight excluding hydrogens is 228 g/mol. The zero-order chi connectivity index (χ0) is 9.52. The summed E-state index contributed by atoms with van der Waals surface area (Å²) in [6.07, 6.45) is 2.10. The molecule has 0 aromatic heterocycles. The molecule has 0 saturated carbocycles. The third-order valence-corrected chi connectivity index (χ3v) is 2.33. The molecule has 1 rings (SSSR count). The van der Waals surface area contributed by atoms with Crippen molar-refractivity contribution in [1.82, 2.24) is 0 Å². The van der Waals surface area contributed by atoms with Crippen molar-refractivity contribution >= 4 is 15.9 Å². The van der Waals surface area contributed by atoms with E-state index in [1.165, 1.54) is 5.56 Å². The van der Waals surface area contributed by atoms with Crippen LogP contribution in [0, 0.1) is 0 Å². The van der Waals surface area contributed by atoms with Crippen LogP contribution in [0.5, 0.6) is 0 Å². The SMILES string of the molecule is CCCOCCc1ccc(Br)cc1. The lowest BCUT2D eigenvalue weighted by atomic mass is 10.2. The molecule has 0 unspecified atom stereocenters. The fraction of sp³-hybridized carbons (Fsp3) is 0.455. The van der Waals surface area contributed by atoms with Crippen LogP contribution in [0.3, 0.4) is 0 Å². The summed E-state index contributed by atoms with van der Waals surface area (Å²) in [7, 11) is 0. The van der Waals surface area contributed by atoms with Gasteiger partial charge in [0.05, 0.1) is 6.61 Å². The summed E-state index contributed by atoms with van der Waals surface area (Å²) in [4.78, 5) is 0. The molecule has 1 aromatic carbocycles. The van der Waals surface area contributed by atoms with Crippen LogP contribution in [0.1, 0.15) is 18.9 Å². The van der Waals surface area contributed by atoms with Gasteiger partial charge in [-0.3, -0.25) is 0 Å². The second-order valence-electron chi connectivity index (χ2n) is 2.99. The molecule has 0 atom stereocenters. The highest BCUT2D eigenvalue weighted by Gasteiger charge is 1.92. The van der Waals surface area contributed by atoms with Gasteiger partial charge in [0.2, 0.25) is 0 Å². The minimum absolute atomic E-state index is 0.829. The number of benzene rings is 1. The number of hydrogen-bond donors (Lipinski definition) is 0. The van der Waals surface area contributed by atoms with Gasteiger partial charge in [-0.15, -0.1) is 0 Å². The maximum absolute atomic E-state index is 5.41. The summed E-state index contributed by atoms with van der Waals surface area (Å²) in [6.45, 7) is 3.83. The summed E-state index contributed by atoms with van der Waals surface area (Å²) in [5.74, 6) is 0. The Hall–Kier alpha value is -0.340. The summed E-state index contributed by atoms with van der Waals surface area (Å²) < 4.78 is 6.54. The molecule has 0 aliphatic heterocycles. The first-order chi connectivity index (χ1) is 6.33. The Bertz CT molecular complexity index is 230. The highest BCUT2D eigenvalue weighted by atomic mass is 79.9. The highest BCUT2D eigenvalue weighted by molar-refractivity contribution is 9.10. The topological polar surface area (TPSA) is 9.23 Å². The second-order valence-corrected chi connectivity index (χ2v) is 3.90. The molecule has 0 aliphatic carbocycles. The highest BCUT2D eigenvalue weighted by Crippen LogP contribution is 2.10. The predicted octanol–water partition coefficient (Wildman–Crippen LogP) is 3.42. The predicted molar refractivity (Wildman–Crippen MR) is 59.0 cm³/mol. The fourth-order valence-corrected chi connectivity index (χ4v) is 1.35. The van der Waals surface area contributed by atoms with E-state index in [-0.39, 0.29) is 0 Å². The van der Waals surface area contributed by atoms with Crippen LogP contribution in [0.2, 0.25) is 0 Å². The van der Waals surface area contributed by atoms with Crippen LogP contribution in [-0.4, -0.2) is 13.2 Å². The van der Waals surface area contributed by atoms with E-state index in [2.05, 4.69) is 47.1 Å². The number of ether oxygens (including phenoxy) is 1. The van der Waals surface area contributed by atoms with Gasteiger partial charge in [-0.2, -0.15) is 0 Å². The van der Waals surface area contributed by atoms with Crippen molar-refractivity contribution in [2.75, 3.05) is 13.2 Å². The average Bonchev–Trinajstić information content (AvgIpc) is 2.15. The number of hydrogen-bond acceptors (Lipinski definition) is 1. The zero-order valence-electron chi connectivity index (χ0n) is 7.92. The van der Waals surface area contributed by atoms with Crippen molar-refractivity contribution in [3.05, 3.63) is 34.3 Å². The molecule has 0 amide bonds. The molecule has 0 aliphatic rings. The van der Waals surface area contributed by atoms with Gasteiger partial charge >= 0.3 is 0 Å². The summed E-state index contributed by atoms with van der Waals surface area (Å²) in [5, 5.41) is 0. The molecule has 1 nitrogen and oxygen atoms in total. The van der Waals surface area contributed by atoms with E-state index in [4.69, 9.17) is 4.74 Å². The first-order valence-corrected chi connectivity index (χ1v) is 5.44. The molecule has 0 radical (unpaired) electrons. The standard InChI is InChI=1S/C11H15BrO/c1-2-8-13-9-7-10-3-5-11(12)6-4-10/h3-6H,2,7-9H2,1H3. The molecule has 0 heterocycles. The number of rotatable bonds is 5. The van der Waals surface area contributed by atoms with E-state index in [0.717, 1.165) is 30.5 Å². The van der Waals surface area contributed by atoms with Gasteiger partial charge in [0, 0.05) is 11.1 Å². The van der Waals surface area contributed by atoms with Crippen molar-refractivity contribution in [3.8, 4) is 0 Å². The van der Waals surface area contributed by atoms with Crippen LogP contribution in [0.25, 0.3) is 0 Å². The normalized spacial score (nSPS) is 10.3. The monoisotopic (exact) mass is 242 g/mol. The lowest BCUT2D eigenvalue weighted by molar-refractivity contribution is 0.138. The molecule has 0 fully saturated rings.